The summed E-state index contributed by atoms with van der Waals surface area (Å²) in [6, 6.07) is 11.2. The number of nitrogens with one attached hydrogen (secondary N) is 2. The zero-order chi connectivity index (χ0) is 22.8. The number of rotatable bonds is 7. The van der Waals surface area contributed by atoms with Gasteiger partial charge in [0.1, 0.15) is 5.52 Å². The number of fused-ring (bicyclic) bond motifs is 1. The van der Waals surface area contributed by atoms with Crippen LogP contribution < -0.4 is 22.6 Å². The lowest BCUT2D eigenvalue weighted by Gasteiger charge is -2.33. The maximum Gasteiger partial charge on any atom is 0.296 e. The predicted molar refractivity (Wildman–Crippen MR) is 134 cm³/mol. The molecule has 1 fully saturated rings. The SMILES string of the molecule is Cc1cc2nc(N[C@@H](C[NH+]3CCC(Cc4ccc(Cl)c(Cl)c4)CC3)C(C)C)oc2cc1C.[Cl-]. The topological polar surface area (TPSA) is 42.5 Å². The number of hydrogen-bond donors (Lipinski definition) is 2. The minimum atomic E-state index is 0. The number of quaternary nitrogens is 1. The summed E-state index contributed by atoms with van der Waals surface area (Å²) < 4.78 is 6.02. The second kappa shape index (κ2) is 11.3. The lowest BCUT2D eigenvalue weighted by atomic mass is 9.89. The number of hydrogen-bond acceptors (Lipinski definition) is 3. The number of halogens is 3. The van der Waals surface area contributed by atoms with Crippen molar-refractivity contribution in [1.29, 1.82) is 0 Å². The van der Waals surface area contributed by atoms with E-state index in [1.807, 2.05) is 12.1 Å². The highest BCUT2D eigenvalue weighted by atomic mass is 35.5. The number of oxazole rings is 1. The first-order chi connectivity index (χ1) is 15.3. The van der Waals surface area contributed by atoms with E-state index in [2.05, 4.69) is 51.2 Å². The molecule has 2 N–H and O–H groups in total. The highest BCUT2D eigenvalue weighted by Crippen LogP contribution is 2.26. The molecule has 1 aromatic heterocycles. The maximum atomic E-state index is 6.19. The third-order valence-electron chi connectivity index (χ3n) is 6.95. The van der Waals surface area contributed by atoms with Gasteiger partial charge in [0.25, 0.3) is 6.01 Å². The molecular formula is C26H34Cl3N3O. The van der Waals surface area contributed by atoms with Crippen molar-refractivity contribution < 1.29 is 21.7 Å². The van der Waals surface area contributed by atoms with Gasteiger partial charge in [-0.1, -0.05) is 43.1 Å². The molecule has 4 nitrogen and oxygen atoms in total. The van der Waals surface area contributed by atoms with Gasteiger partial charge >= 0.3 is 0 Å². The van der Waals surface area contributed by atoms with E-state index in [0.717, 1.165) is 24.1 Å². The number of nitrogens with zero attached hydrogens (tertiary/aromatic N) is 1. The van der Waals surface area contributed by atoms with Gasteiger partial charge in [0.05, 0.1) is 35.7 Å². The van der Waals surface area contributed by atoms with Crippen LogP contribution in [-0.2, 0) is 6.42 Å². The summed E-state index contributed by atoms with van der Waals surface area (Å²) in [5.41, 5.74) is 5.54. The fraction of sp³-hybridized carbons (Fsp3) is 0.500. The van der Waals surface area contributed by atoms with Crippen molar-refractivity contribution in [3.63, 3.8) is 0 Å². The number of benzene rings is 2. The summed E-state index contributed by atoms with van der Waals surface area (Å²) >= 11 is 12.3. The maximum absolute atomic E-state index is 6.19. The van der Waals surface area contributed by atoms with Crippen molar-refractivity contribution in [2.24, 2.45) is 11.8 Å². The van der Waals surface area contributed by atoms with E-state index in [9.17, 15) is 0 Å². The molecule has 4 rings (SSSR count). The summed E-state index contributed by atoms with van der Waals surface area (Å²) in [5.74, 6) is 1.21. The van der Waals surface area contributed by atoms with Gasteiger partial charge in [0.2, 0.25) is 0 Å². The van der Waals surface area contributed by atoms with Gasteiger partial charge in [-0.15, -0.1) is 0 Å². The zero-order valence-corrected chi connectivity index (χ0v) is 22.1. The standard InChI is InChI=1S/C26H33Cl2N3O.ClH/c1-16(2)24(30-26-29-23-11-17(3)18(4)12-25(23)32-26)15-31-9-7-19(8-10-31)13-20-5-6-21(27)22(28)14-20;/h5-6,11-12,14,16,19,24H,7-10,13,15H2,1-4H3,(H,29,30);1H/t24-;/m0./s1. The van der Waals surface area contributed by atoms with Crippen molar-refractivity contribution >= 4 is 40.3 Å². The Morgan fingerprint density at radius 1 is 1.06 bits per heavy atom. The van der Waals surface area contributed by atoms with Crippen molar-refractivity contribution in [3.05, 3.63) is 57.1 Å². The summed E-state index contributed by atoms with van der Waals surface area (Å²) in [4.78, 5) is 6.35. The number of aromatic nitrogens is 1. The van der Waals surface area contributed by atoms with E-state index in [1.54, 1.807) is 4.90 Å². The Labute approximate surface area is 213 Å². The van der Waals surface area contributed by atoms with Crippen LogP contribution in [-0.4, -0.2) is 30.7 Å². The first-order valence-corrected chi connectivity index (χ1v) is 12.5. The minimum Gasteiger partial charge on any atom is -1.00 e. The fourth-order valence-corrected chi connectivity index (χ4v) is 4.98. The molecule has 1 saturated heterocycles. The van der Waals surface area contributed by atoms with Crippen LogP contribution in [0.4, 0.5) is 6.01 Å². The Balaban J connectivity index is 0.00000306. The van der Waals surface area contributed by atoms with Gasteiger partial charge < -0.3 is 27.0 Å². The third-order valence-corrected chi connectivity index (χ3v) is 7.69. The molecule has 0 radical (unpaired) electrons. The molecule has 2 heterocycles. The van der Waals surface area contributed by atoms with Crippen LogP contribution in [0.5, 0.6) is 0 Å². The lowest BCUT2D eigenvalue weighted by Crippen LogP contribution is -3.14. The number of aryl methyl sites for hydroxylation is 2. The van der Waals surface area contributed by atoms with Gasteiger partial charge in [0.15, 0.2) is 5.58 Å². The molecule has 1 aliphatic rings. The number of likely N-dealkylation sites (tertiary alicyclic amines) is 1. The Kier molecular flexibility index (Phi) is 8.96. The molecule has 0 amide bonds. The van der Waals surface area contributed by atoms with Crippen molar-refractivity contribution in [3.8, 4) is 0 Å². The molecule has 180 valence electrons. The summed E-state index contributed by atoms with van der Waals surface area (Å²) in [5, 5.41) is 4.88. The average molecular weight is 511 g/mol. The summed E-state index contributed by atoms with van der Waals surface area (Å²) in [6.45, 7) is 12.2. The highest BCUT2D eigenvalue weighted by molar-refractivity contribution is 6.42. The van der Waals surface area contributed by atoms with E-state index >= 15 is 0 Å². The monoisotopic (exact) mass is 509 g/mol. The molecule has 1 atom stereocenters. The zero-order valence-electron chi connectivity index (χ0n) is 19.9. The summed E-state index contributed by atoms with van der Waals surface area (Å²) in [6.07, 6.45) is 3.56. The van der Waals surface area contributed by atoms with E-state index in [1.165, 1.54) is 42.6 Å². The Morgan fingerprint density at radius 3 is 2.42 bits per heavy atom. The van der Waals surface area contributed by atoms with E-state index in [4.69, 9.17) is 32.6 Å². The largest absolute Gasteiger partial charge is 1.00 e. The molecule has 0 unspecified atom stereocenters. The molecule has 0 bridgehead atoms. The van der Waals surface area contributed by atoms with Crippen LogP contribution in [0.15, 0.2) is 34.7 Å². The highest BCUT2D eigenvalue weighted by Gasteiger charge is 2.27. The minimum absolute atomic E-state index is 0. The van der Waals surface area contributed by atoms with Crippen LogP contribution in [0.2, 0.25) is 10.0 Å². The number of piperidine rings is 1. The van der Waals surface area contributed by atoms with Gasteiger partial charge in [0, 0.05) is 0 Å². The van der Waals surface area contributed by atoms with Crippen LogP contribution in [0.1, 0.15) is 43.4 Å². The van der Waals surface area contributed by atoms with Crippen LogP contribution in [0.3, 0.4) is 0 Å². The second-order valence-corrected chi connectivity index (χ2v) is 10.6. The van der Waals surface area contributed by atoms with Crippen LogP contribution in [0, 0.1) is 25.7 Å². The average Bonchev–Trinajstić information content (AvgIpc) is 3.13. The van der Waals surface area contributed by atoms with Crippen molar-refractivity contribution in [2.75, 3.05) is 25.0 Å². The lowest BCUT2D eigenvalue weighted by molar-refractivity contribution is -0.907. The molecule has 3 aromatic rings. The van der Waals surface area contributed by atoms with Gasteiger partial charge in [-0.3, -0.25) is 0 Å². The van der Waals surface area contributed by atoms with Gasteiger partial charge in [-0.2, -0.15) is 4.98 Å². The van der Waals surface area contributed by atoms with E-state index in [-0.39, 0.29) is 12.4 Å². The molecule has 2 aromatic carbocycles. The van der Waals surface area contributed by atoms with Crippen molar-refractivity contribution in [1.82, 2.24) is 4.98 Å². The normalized spacial score (nSPS) is 19.5. The first-order valence-electron chi connectivity index (χ1n) is 11.7. The van der Waals surface area contributed by atoms with E-state index < -0.39 is 0 Å². The molecule has 7 heteroatoms. The Bertz CT molecular complexity index is 1040. The molecule has 0 saturated carbocycles. The smallest absolute Gasteiger partial charge is 0.296 e. The van der Waals surface area contributed by atoms with Gasteiger partial charge in [-0.25, -0.2) is 0 Å². The first kappa shape index (κ1) is 26.2. The quantitative estimate of drug-likeness (QED) is 0.514. The molecule has 1 aliphatic heterocycles. The Morgan fingerprint density at radius 2 is 1.76 bits per heavy atom. The summed E-state index contributed by atoms with van der Waals surface area (Å²) in [7, 11) is 0. The van der Waals surface area contributed by atoms with E-state index in [0.29, 0.717) is 33.9 Å². The molecule has 0 aliphatic carbocycles. The van der Waals surface area contributed by atoms with Crippen LogP contribution >= 0.6 is 23.2 Å². The van der Waals surface area contributed by atoms with Crippen molar-refractivity contribution in [2.45, 2.75) is 53.0 Å². The second-order valence-electron chi connectivity index (χ2n) is 9.77. The third kappa shape index (κ3) is 6.57. The fourth-order valence-electron chi connectivity index (χ4n) is 4.66. The van der Waals surface area contributed by atoms with Gasteiger partial charge in [-0.05, 0) is 85.9 Å². The molecule has 0 spiro atoms. The Hall–Kier alpha value is -1.46. The molecule has 33 heavy (non-hydrogen) atoms. The van der Waals surface area contributed by atoms with Crippen LogP contribution in [0.25, 0.3) is 11.1 Å². The number of anilines is 1. The predicted octanol–water partition coefficient (Wildman–Crippen LogP) is 2.73. The molecular weight excluding hydrogens is 477 g/mol.